The number of rotatable bonds is 10. The normalized spacial score (nSPS) is 22.9. The van der Waals surface area contributed by atoms with Crippen molar-refractivity contribution in [2.75, 3.05) is 6.54 Å². The van der Waals surface area contributed by atoms with Crippen LogP contribution in [0.1, 0.15) is 67.7 Å². The first kappa shape index (κ1) is 34.5. The maximum Gasteiger partial charge on any atom is 0.524 e. The van der Waals surface area contributed by atoms with Gasteiger partial charge in [-0.3, -0.25) is 43.6 Å². The standard InChI is InChI=1S/C31H36N5O11P/c1-17(37)32-25(15-18-8-10-19(11-9-18)47-48(44,45)46)28(39)33-23-12-13-27(38)35-14-4-7-26(36(35)30(23)41)29(40)34-24-16-22(31(42)43)20-5-2-3-6-21(20)24/h2-3,5-6,8-11,22-26H,4,7,12-16H2,1H3,(H,32,37)(H,33,39)(H,34,40)(H,42,43)(H2,44,45,46)/t22?,23-,24?,25-,26-/m0/s1. The molecule has 2 aromatic carbocycles. The van der Waals surface area contributed by atoms with Gasteiger partial charge in [-0.15, -0.1) is 0 Å². The van der Waals surface area contributed by atoms with E-state index in [1.54, 1.807) is 24.3 Å². The number of phosphoric ester groups is 1. The molecule has 0 saturated carbocycles. The molecule has 2 heterocycles. The average Bonchev–Trinajstić information content (AvgIpc) is 3.34. The van der Waals surface area contributed by atoms with E-state index in [-0.39, 0.29) is 44.4 Å². The predicted molar refractivity (Wildman–Crippen MR) is 165 cm³/mol. The van der Waals surface area contributed by atoms with Crippen molar-refractivity contribution in [3.63, 3.8) is 0 Å². The molecule has 5 amide bonds. The fraction of sp³-hybridized carbons (Fsp3) is 0.419. The molecular weight excluding hydrogens is 649 g/mol. The molecule has 5 atom stereocenters. The first-order chi connectivity index (χ1) is 22.7. The second-order valence-electron chi connectivity index (χ2n) is 12.0. The molecule has 17 heteroatoms. The molecule has 2 fully saturated rings. The molecule has 2 unspecified atom stereocenters. The third kappa shape index (κ3) is 7.84. The summed E-state index contributed by atoms with van der Waals surface area (Å²) in [6, 6.07) is 8.34. The van der Waals surface area contributed by atoms with Crippen LogP contribution < -0.4 is 20.5 Å². The summed E-state index contributed by atoms with van der Waals surface area (Å²) in [4.78, 5) is 96.3. The zero-order valence-electron chi connectivity index (χ0n) is 25.9. The Kier molecular flexibility index (Phi) is 10.2. The van der Waals surface area contributed by atoms with Gasteiger partial charge in [0, 0.05) is 26.3 Å². The summed E-state index contributed by atoms with van der Waals surface area (Å²) in [6.45, 7) is 1.40. The Morgan fingerprint density at radius 1 is 0.979 bits per heavy atom. The second kappa shape index (κ2) is 14.1. The number of hydrogen-bond donors (Lipinski definition) is 6. The highest BCUT2D eigenvalue weighted by atomic mass is 31.2. The Morgan fingerprint density at radius 3 is 2.31 bits per heavy atom. The molecule has 0 spiro atoms. The minimum Gasteiger partial charge on any atom is -0.481 e. The minimum absolute atomic E-state index is 0.0531. The van der Waals surface area contributed by atoms with Crippen molar-refractivity contribution in [1.29, 1.82) is 0 Å². The van der Waals surface area contributed by atoms with Crippen LogP contribution >= 0.6 is 7.82 Å². The van der Waals surface area contributed by atoms with Gasteiger partial charge in [0.2, 0.25) is 23.6 Å². The largest absolute Gasteiger partial charge is 0.524 e. The van der Waals surface area contributed by atoms with Gasteiger partial charge in [-0.2, -0.15) is 0 Å². The molecular formula is C31H36N5O11P. The number of phosphoric acid groups is 1. The van der Waals surface area contributed by atoms with E-state index in [0.29, 0.717) is 23.1 Å². The van der Waals surface area contributed by atoms with Crippen LogP contribution in [0.5, 0.6) is 5.75 Å². The van der Waals surface area contributed by atoms with Gasteiger partial charge in [0.05, 0.1) is 12.0 Å². The number of carbonyl (C=O) groups is 6. The van der Waals surface area contributed by atoms with Crippen LogP contribution in [0.4, 0.5) is 0 Å². The van der Waals surface area contributed by atoms with Crippen molar-refractivity contribution in [2.24, 2.45) is 0 Å². The highest BCUT2D eigenvalue weighted by Gasteiger charge is 2.46. The van der Waals surface area contributed by atoms with Gasteiger partial charge in [0.1, 0.15) is 23.9 Å². The summed E-state index contributed by atoms with van der Waals surface area (Å²) in [7, 11) is -4.78. The maximum absolute atomic E-state index is 14.0. The van der Waals surface area contributed by atoms with E-state index in [1.165, 1.54) is 36.2 Å². The molecule has 48 heavy (non-hydrogen) atoms. The van der Waals surface area contributed by atoms with E-state index in [1.807, 2.05) is 0 Å². The van der Waals surface area contributed by atoms with E-state index < -0.39 is 73.4 Å². The van der Waals surface area contributed by atoms with Gasteiger partial charge in [-0.05, 0) is 54.5 Å². The number of hydrogen-bond acceptors (Lipinski definition) is 8. The Morgan fingerprint density at radius 2 is 1.67 bits per heavy atom. The summed E-state index contributed by atoms with van der Waals surface area (Å²) >= 11 is 0. The first-order valence-corrected chi connectivity index (χ1v) is 16.9. The lowest BCUT2D eigenvalue weighted by molar-refractivity contribution is -0.176. The van der Waals surface area contributed by atoms with Gasteiger partial charge in [-0.1, -0.05) is 36.4 Å². The molecule has 3 aliphatic rings. The molecule has 0 bridgehead atoms. The highest BCUT2D eigenvalue weighted by molar-refractivity contribution is 7.46. The number of carboxylic acid groups (broad SMARTS) is 1. The quantitative estimate of drug-likeness (QED) is 0.190. The third-order valence-electron chi connectivity index (χ3n) is 8.59. The molecule has 0 aromatic heterocycles. The topological polar surface area (TPSA) is 232 Å². The van der Waals surface area contributed by atoms with Crippen LogP contribution in [-0.2, 0) is 39.8 Å². The average molecular weight is 686 g/mol. The molecule has 256 valence electrons. The van der Waals surface area contributed by atoms with E-state index in [4.69, 9.17) is 9.79 Å². The molecule has 5 rings (SSSR count). The summed E-state index contributed by atoms with van der Waals surface area (Å²) < 4.78 is 15.6. The molecule has 2 aliphatic heterocycles. The van der Waals surface area contributed by atoms with Crippen molar-refractivity contribution in [1.82, 2.24) is 26.0 Å². The fourth-order valence-corrected chi connectivity index (χ4v) is 6.86. The molecule has 1 aliphatic carbocycles. The SMILES string of the molecule is CC(=O)N[C@@H](Cc1ccc(OP(=O)(O)O)cc1)C(=O)N[C@H]1CCC(=O)N2CCC[C@@H](C(=O)NC3CC(C(=O)O)c4ccccc43)N2C1=O. The monoisotopic (exact) mass is 685 g/mol. The minimum atomic E-state index is -4.78. The Bertz CT molecular complexity index is 1660. The van der Waals surface area contributed by atoms with Gasteiger partial charge in [-0.25, -0.2) is 9.57 Å². The number of benzene rings is 2. The predicted octanol–water partition coefficient (Wildman–Crippen LogP) is 0.648. The molecule has 0 radical (unpaired) electrons. The summed E-state index contributed by atoms with van der Waals surface area (Å²) in [5.74, 6) is -4.81. The zero-order chi connectivity index (χ0) is 34.7. The Balaban J connectivity index is 1.32. The van der Waals surface area contributed by atoms with E-state index in [0.717, 1.165) is 5.01 Å². The van der Waals surface area contributed by atoms with Crippen molar-refractivity contribution in [3.05, 3.63) is 65.2 Å². The van der Waals surface area contributed by atoms with Crippen molar-refractivity contribution < 1.29 is 52.7 Å². The van der Waals surface area contributed by atoms with E-state index in [2.05, 4.69) is 20.5 Å². The highest BCUT2D eigenvalue weighted by Crippen LogP contribution is 2.41. The third-order valence-corrected chi connectivity index (χ3v) is 9.04. The zero-order valence-corrected chi connectivity index (χ0v) is 26.8. The summed E-state index contributed by atoms with van der Waals surface area (Å²) in [5.41, 5.74) is 1.77. The van der Waals surface area contributed by atoms with Crippen LogP contribution in [0.25, 0.3) is 0 Å². The number of carbonyl (C=O) groups excluding carboxylic acids is 5. The Hall–Kier alpha value is -4.79. The number of amides is 5. The number of nitrogens with one attached hydrogen (secondary N) is 3. The van der Waals surface area contributed by atoms with Gasteiger partial charge in [0.15, 0.2) is 0 Å². The lowest BCUT2D eigenvalue weighted by Gasteiger charge is -2.43. The summed E-state index contributed by atoms with van der Waals surface area (Å²) in [5, 5.41) is 20.1. The van der Waals surface area contributed by atoms with Crippen molar-refractivity contribution >= 4 is 43.3 Å². The lowest BCUT2D eigenvalue weighted by Crippen LogP contribution is -2.64. The van der Waals surface area contributed by atoms with Gasteiger partial charge >= 0.3 is 13.8 Å². The van der Waals surface area contributed by atoms with Crippen LogP contribution in [0, 0.1) is 0 Å². The number of nitrogens with zero attached hydrogens (tertiary/aromatic N) is 2. The van der Waals surface area contributed by atoms with Crippen molar-refractivity contribution in [2.45, 2.75) is 75.5 Å². The molecule has 16 nitrogen and oxygen atoms in total. The first-order valence-electron chi connectivity index (χ1n) is 15.4. The number of hydrazine groups is 1. The van der Waals surface area contributed by atoms with E-state index in [9.17, 15) is 38.4 Å². The van der Waals surface area contributed by atoms with Crippen LogP contribution in [-0.4, -0.2) is 85.1 Å². The van der Waals surface area contributed by atoms with E-state index >= 15 is 0 Å². The van der Waals surface area contributed by atoms with Crippen molar-refractivity contribution in [3.8, 4) is 5.75 Å². The molecule has 6 N–H and O–H groups in total. The smallest absolute Gasteiger partial charge is 0.481 e. The number of carboxylic acids is 1. The number of fused-ring (bicyclic) bond motifs is 2. The fourth-order valence-electron chi connectivity index (χ4n) is 6.47. The molecule has 2 aromatic rings. The van der Waals surface area contributed by atoms with Gasteiger partial charge in [0.25, 0.3) is 5.91 Å². The van der Waals surface area contributed by atoms with Crippen LogP contribution in [0.15, 0.2) is 48.5 Å². The van der Waals surface area contributed by atoms with Crippen LogP contribution in [0.2, 0.25) is 0 Å². The van der Waals surface area contributed by atoms with Gasteiger partial charge < -0.3 is 25.6 Å². The lowest BCUT2D eigenvalue weighted by atomic mass is 10.0. The van der Waals surface area contributed by atoms with Crippen LogP contribution in [0.3, 0.4) is 0 Å². The summed E-state index contributed by atoms with van der Waals surface area (Å²) in [6.07, 6.45) is 0.599. The maximum atomic E-state index is 14.0. The second-order valence-corrected chi connectivity index (χ2v) is 13.1. The molecule has 2 saturated heterocycles. The number of aliphatic carboxylic acids is 1. The Labute approximate surface area is 275 Å².